The molecule has 1 atom stereocenters. The molecule has 0 aromatic heterocycles. The topological polar surface area (TPSA) is 64.3 Å². The molecular formula is C17H20N2O2. The first-order valence-corrected chi connectivity index (χ1v) is 6.90. The average molecular weight is 284 g/mol. The molecule has 3 N–H and O–H groups in total. The summed E-state index contributed by atoms with van der Waals surface area (Å²) in [7, 11) is 1.66. The van der Waals surface area contributed by atoms with Gasteiger partial charge in [-0.1, -0.05) is 48.5 Å². The standard InChI is InChI=1S/C17H20N2O2/c1-21-12-11-13-7-5-6-10-15(13)19-17(20)16(18)14-8-3-2-4-9-14/h2-10,16H,11-12,18H2,1H3,(H,19,20)/t16-/m1/s1. The zero-order valence-electron chi connectivity index (χ0n) is 12.1. The van der Waals surface area contributed by atoms with Gasteiger partial charge in [-0.05, 0) is 23.6 Å². The second kappa shape index (κ2) is 7.57. The van der Waals surface area contributed by atoms with Crippen LogP contribution in [0.2, 0.25) is 0 Å². The van der Waals surface area contributed by atoms with Gasteiger partial charge in [0.25, 0.3) is 0 Å². The predicted molar refractivity (Wildman–Crippen MR) is 84.0 cm³/mol. The first kappa shape index (κ1) is 15.2. The molecule has 0 fully saturated rings. The molecule has 110 valence electrons. The Morgan fingerprint density at radius 2 is 1.81 bits per heavy atom. The summed E-state index contributed by atoms with van der Waals surface area (Å²) in [5, 5.41) is 2.90. The van der Waals surface area contributed by atoms with Crippen LogP contribution in [0.4, 0.5) is 5.69 Å². The van der Waals surface area contributed by atoms with Gasteiger partial charge in [-0.3, -0.25) is 4.79 Å². The minimum absolute atomic E-state index is 0.217. The Bertz CT molecular complexity index is 584. The first-order valence-electron chi connectivity index (χ1n) is 6.90. The lowest BCUT2D eigenvalue weighted by atomic mass is 10.1. The quantitative estimate of drug-likeness (QED) is 0.856. The number of ether oxygens (including phenoxy) is 1. The zero-order valence-corrected chi connectivity index (χ0v) is 12.1. The van der Waals surface area contributed by atoms with E-state index in [4.69, 9.17) is 10.5 Å². The Morgan fingerprint density at radius 1 is 1.14 bits per heavy atom. The highest BCUT2D eigenvalue weighted by atomic mass is 16.5. The summed E-state index contributed by atoms with van der Waals surface area (Å²) in [5.41, 5.74) is 8.61. The Morgan fingerprint density at radius 3 is 2.52 bits per heavy atom. The third kappa shape index (κ3) is 4.15. The maximum Gasteiger partial charge on any atom is 0.245 e. The summed E-state index contributed by atoms with van der Waals surface area (Å²) in [6, 6.07) is 16.3. The minimum Gasteiger partial charge on any atom is -0.384 e. The summed E-state index contributed by atoms with van der Waals surface area (Å²) in [4.78, 5) is 12.3. The van der Waals surface area contributed by atoms with Gasteiger partial charge in [0.2, 0.25) is 5.91 Å². The third-order valence-electron chi connectivity index (χ3n) is 3.29. The number of benzene rings is 2. The highest BCUT2D eigenvalue weighted by Gasteiger charge is 2.16. The number of para-hydroxylation sites is 1. The molecule has 21 heavy (non-hydrogen) atoms. The summed E-state index contributed by atoms with van der Waals surface area (Å²) in [6.07, 6.45) is 0.744. The molecule has 0 heterocycles. The molecule has 1 amide bonds. The van der Waals surface area contributed by atoms with Crippen molar-refractivity contribution in [2.24, 2.45) is 5.73 Å². The second-order valence-electron chi connectivity index (χ2n) is 4.78. The maximum absolute atomic E-state index is 12.3. The predicted octanol–water partition coefficient (Wildman–Crippen LogP) is 2.51. The SMILES string of the molecule is COCCc1ccccc1NC(=O)[C@H](N)c1ccccc1. The fourth-order valence-electron chi connectivity index (χ4n) is 2.09. The van der Waals surface area contributed by atoms with Crippen molar-refractivity contribution >= 4 is 11.6 Å². The fraction of sp³-hybridized carbons (Fsp3) is 0.235. The Balaban J connectivity index is 2.09. The Hall–Kier alpha value is -2.17. The fourth-order valence-corrected chi connectivity index (χ4v) is 2.09. The molecule has 0 saturated heterocycles. The van der Waals surface area contributed by atoms with Crippen molar-refractivity contribution < 1.29 is 9.53 Å². The molecular weight excluding hydrogens is 264 g/mol. The number of nitrogens with two attached hydrogens (primary N) is 1. The van der Waals surface area contributed by atoms with Gasteiger partial charge in [-0.2, -0.15) is 0 Å². The zero-order chi connectivity index (χ0) is 15.1. The highest BCUT2D eigenvalue weighted by Crippen LogP contribution is 2.18. The number of carbonyl (C=O) groups excluding carboxylic acids is 1. The number of nitrogens with one attached hydrogen (secondary N) is 1. The molecule has 0 bridgehead atoms. The van der Waals surface area contributed by atoms with Crippen molar-refractivity contribution in [1.29, 1.82) is 0 Å². The largest absolute Gasteiger partial charge is 0.384 e. The first-order chi connectivity index (χ1) is 10.2. The van der Waals surface area contributed by atoms with Gasteiger partial charge in [-0.25, -0.2) is 0 Å². The van der Waals surface area contributed by atoms with E-state index >= 15 is 0 Å². The average Bonchev–Trinajstić information content (AvgIpc) is 2.54. The summed E-state index contributed by atoms with van der Waals surface area (Å²) >= 11 is 0. The highest BCUT2D eigenvalue weighted by molar-refractivity contribution is 5.96. The van der Waals surface area contributed by atoms with Gasteiger partial charge >= 0.3 is 0 Å². The smallest absolute Gasteiger partial charge is 0.245 e. The normalized spacial score (nSPS) is 11.9. The molecule has 0 saturated carbocycles. The van der Waals surface area contributed by atoms with E-state index in [1.54, 1.807) is 7.11 Å². The van der Waals surface area contributed by atoms with Gasteiger partial charge < -0.3 is 15.8 Å². The van der Waals surface area contributed by atoms with Gasteiger partial charge in [-0.15, -0.1) is 0 Å². The van der Waals surface area contributed by atoms with E-state index in [9.17, 15) is 4.79 Å². The Labute approximate surface area is 124 Å². The molecule has 0 unspecified atom stereocenters. The molecule has 4 nitrogen and oxygen atoms in total. The van der Waals surface area contributed by atoms with Crippen LogP contribution in [0.25, 0.3) is 0 Å². The molecule has 0 aliphatic carbocycles. The molecule has 2 aromatic rings. The van der Waals surface area contributed by atoms with E-state index in [0.717, 1.165) is 23.2 Å². The molecule has 0 radical (unpaired) electrons. The number of hydrogen-bond acceptors (Lipinski definition) is 3. The van der Waals surface area contributed by atoms with E-state index in [1.807, 2.05) is 54.6 Å². The van der Waals surface area contributed by atoms with Crippen molar-refractivity contribution in [1.82, 2.24) is 0 Å². The number of rotatable bonds is 6. The van der Waals surface area contributed by atoms with Crippen LogP contribution < -0.4 is 11.1 Å². The maximum atomic E-state index is 12.3. The van der Waals surface area contributed by atoms with Gasteiger partial charge in [0.15, 0.2) is 0 Å². The molecule has 0 aliphatic rings. The summed E-state index contributed by atoms with van der Waals surface area (Å²) in [6.45, 7) is 0.609. The van der Waals surface area contributed by atoms with Crippen LogP contribution in [0.5, 0.6) is 0 Å². The van der Waals surface area contributed by atoms with Gasteiger partial charge in [0.1, 0.15) is 6.04 Å². The van der Waals surface area contributed by atoms with Crippen molar-refractivity contribution in [3.8, 4) is 0 Å². The van der Waals surface area contributed by atoms with Crippen molar-refractivity contribution in [2.45, 2.75) is 12.5 Å². The van der Waals surface area contributed by atoms with E-state index < -0.39 is 6.04 Å². The lowest BCUT2D eigenvalue weighted by molar-refractivity contribution is -0.117. The van der Waals surface area contributed by atoms with Crippen LogP contribution in [0.1, 0.15) is 17.2 Å². The van der Waals surface area contributed by atoms with Crippen LogP contribution in [-0.4, -0.2) is 19.6 Å². The van der Waals surface area contributed by atoms with Crippen molar-refractivity contribution in [2.75, 3.05) is 19.0 Å². The molecule has 2 rings (SSSR count). The van der Waals surface area contributed by atoms with Crippen LogP contribution in [0, 0.1) is 0 Å². The van der Waals surface area contributed by atoms with E-state index in [0.29, 0.717) is 6.61 Å². The van der Waals surface area contributed by atoms with Crippen LogP contribution >= 0.6 is 0 Å². The lowest BCUT2D eigenvalue weighted by Crippen LogP contribution is -2.28. The van der Waals surface area contributed by atoms with E-state index in [2.05, 4.69) is 5.32 Å². The molecule has 0 aliphatic heterocycles. The lowest BCUT2D eigenvalue weighted by Gasteiger charge is -2.15. The van der Waals surface area contributed by atoms with Crippen LogP contribution in [-0.2, 0) is 16.0 Å². The number of methoxy groups -OCH3 is 1. The second-order valence-corrected chi connectivity index (χ2v) is 4.78. The number of amides is 1. The van der Waals surface area contributed by atoms with Crippen molar-refractivity contribution in [3.63, 3.8) is 0 Å². The van der Waals surface area contributed by atoms with Crippen molar-refractivity contribution in [3.05, 3.63) is 65.7 Å². The van der Waals surface area contributed by atoms with Gasteiger partial charge in [0.05, 0.1) is 6.61 Å². The van der Waals surface area contributed by atoms with E-state index in [1.165, 1.54) is 0 Å². The number of hydrogen-bond donors (Lipinski definition) is 2. The van der Waals surface area contributed by atoms with Gasteiger partial charge in [0, 0.05) is 12.8 Å². The minimum atomic E-state index is -0.679. The van der Waals surface area contributed by atoms with E-state index in [-0.39, 0.29) is 5.91 Å². The molecule has 2 aromatic carbocycles. The number of carbonyl (C=O) groups is 1. The summed E-state index contributed by atoms with van der Waals surface area (Å²) < 4.78 is 5.09. The Kier molecular flexibility index (Phi) is 5.49. The van der Waals surface area contributed by atoms with Crippen LogP contribution in [0.3, 0.4) is 0 Å². The number of anilines is 1. The monoisotopic (exact) mass is 284 g/mol. The van der Waals surface area contributed by atoms with Crippen LogP contribution in [0.15, 0.2) is 54.6 Å². The third-order valence-corrected chi connectivity index (χ3v) is 3.29. The molecule has 4 heteroatoms. The molecule has 0 spiro atoms. The summed E-state index contributed by atoms with van der Waals surface area (Å²) in [5.74, 6) is -0.217.